The highest BCUT2D eigenvalue weighted by Crippen LogP contribution is 2.52. The van der Waals surface area contributed by atoms with E-state index in [0.29, 0.717) is 41.0 Å². The van der Waals surface area contributed by atoms with Gasteiger partial charge < -0.3 is 24.4 Å². The van der Waals surface area contributed by atoms with Crippen LogP contribution in [0.5, 0.6) is 17.2 Å². The summed E-state index contributed by atoms with van der Waals surface area (Å²) in [5.41, 5.74) is 1.58. The first kappa shape index (κ1) is 15.0. The van der Waals surface area contributed by atoms with E-state index in [9.17, 15) is 15.0 Å². The minimum atomic E-state index is -1.44. The first-order chi connectivity index (χ1) is 10.4. The quantitative estimate of drug-likeness (QED) is 0.826. The molecular formula is C16H20O6. The fourth-order valence-electron chi connectivity index (χ4n) is 3.15. The zero-order valence-corrected chi connectivity index (χ0v) is 12.9. The molecule has 22 heavy (non-hydrogen) atoms. The van der Waals surface area contributed by atoms with E-state index in [-0.39, 0.29) is 24.6 Å². The van der Waals surface area contributed by atoms with Crippen LogP contribution in [0.2, 0.25) is 0 Å². The maximum atomic E-state index is 12.0. The SMILES string of the molecule is CCOC(=O)C(O)c1c2c(c(O)c3c1OC(C)C3)OC(C)C2. The normalized spacial score (nSPS) is 23.3. The first-order valence-corrected chi connectivity index (χ1v) is 7.52. The van der Waals surface area contributed by atoms with Gasteiger partial charge in [0, 0.05) is 29.5 Å². The zero-order chi connectivity index (χ0) is 16.0. The molecule has 0 fully saturated rings. The smallest absolute Gasteiger partial charge is 0.339 e. The van der Waals surface area contributed by atoms with Gasteiger partial charge in [0.15, 0.2) is 17.6 Å². The third-order valence-electron chi connectivity index (χ3n) is 4.02. The van der Waals surface area contributed by atoms with Gasteiger partial charge in [-0.1, -0.05) is 0 Å². The second kappa shape index (κ2) is 5.35. The molecule has 3 rings (SSSR count). The molecule has 0 saturated carbocycles. The van der Waals surface area contributed by atoms with Crippen LogP contribution in [-0.4, -0.2) is 35.0 Å². The molecule has 0 radical (unpaired) electrons. The second-order valence-electron chi connectivity index (χ2n) is 5.80. The van der Waals surface area contributed by atoms with Gasteiger partial charge in [-0.05, 0) is 20.8 Å². The maximum Gasteiger partial charge on any atom is 0.339 e. The van der Waals surface area contributed by atoms with Gasteiger partial charge in [0.1, 0.15) is 18.0 Å². The number of carbonyl (C=O) groups is 1. The molecule has 0 amide bonds. The highest BCUT2D eigenvalue weighted by Gasteiger charge is 2.39. The van der Waals surface area contributed by atoms with E-state index in [0.717, 1.165) is 0 Å². The number of aliphatic hydroxyl groups excluding tert-OH is 1. The number of hydrogen-bond donors (Lipinski definition) is 2. The summed E-state index contributed by atoms with van der Waals surface area (Å²) in [6.45, 7) is 5.60. The molecule has 6 nitrogen and oxygen atoms in total. The van der Waals surface area contributed by atoms with Crippen molar-refractivity contribution in [2.24, 2.45) is 0 Å². The molecule has 6 heteroatoms. The van der Waals surface area contributed by atoms with Gasteiger partial charge >= 0.3 is 5.97 Å². The average Bonchev–Trinajstić information content (AvgIpc) is 3.02. The Labute approximate surface area is 128 Å². The van der Waals surface area contributed by atoms with Crippen molar-refractivity contribution < 1.29 is 29.2 Å². The third-order valence-corrected chi connectivity index (χ3v) is 4.02. The van der Waals surface area contributed by atoms with Crippen LogP contribution in [0.4, 0.5) is 0 Å². The fraction of sp³-hybridized carbons (Fsp3) is 0.562. The molecule has 3 unspecified atom stereocenters. The number of aromatic hydroxyl groups is 1. The molecule has 120 valence electrons. The average molecular weight is 308 g/mol. The van der Waals surface area contributed by atoms with Crippen LogP contribution >= 0.6 is 0 Å². The Morgan fingerprint density at radius 2 is 1.82 bits per heavy atom. The van der Waals surface area contributed by atoms with Crippen molar-refractivity contribution in [1.29, 1.82) is 0 Å². The number of benzene rings is 1. The van der Waals surface area contributed by atoms with Crippen LogP contribution in [0.3, 0.4) is 0 Å². The largest absolute Gasteiger partial charge is 0.504 e. The molecule has 3 atom stereocenters. The van der Waals surface area contributed by atoms with Crippen molar-refractivity contribution in [3.05, 3.63) is 16.7 Å². The summed E-state index contributed by atoms with van der Waals surface area (Å²) in [5, 5.41) is 20.8. The summed E-state index contributed by atoms with van der Waals surface area (Å²) < 4.78 is 16.3. The fourth-order valence-corrected chi connectivity index (χ4v) is 3.15. The van der Waals surface area contributed by atoms with Crippen molar-refractivity contribution >= 4 is 5.97 Å². The Kier molecular flexibility index (Phi) is 3.64. The van der Waals surface area contributed by atoms with Gasteiger partial charge in [0.05, 0.1) is 6.61 Å². The van der Waals surface area contributed by atoms with Crippen molar-refractivity contribution in [3.8, 4) is 17.2 Å². The number of hydrogen-bond acceptors (Lipinski definition) is 6. The standard InChI is InChI=1S/C16H20O6/c1-4-20-16(19)13(18)11-9-5-7(2)22-15(9)12(17)10-6-8(3)21-14(10)11/h7-8,13,17-18H,4-6H2,1-3H3. The summed E-state index contributed by atoms with van der Waals surface area (Å²) in [5.74, 6) is 0.0723. The lowest BCUT2D eigenvalue weighted by molar-refractivity contribution is -0.153. The number of ether oxygens (including phenoxy) is 3. The summed E-state index contributed by atoms with van der Waals surface area (Å²) in [6, 6.07) is 0. The van der Waals surface area contributed by atoms with Crippen molar-refractivity contribution in [2.75, 3.05) is 6.61 Å². The Bertz CT molecular complexity index is 585. The lowest BCUT2D eigenvalue weighted by Crippen LogP contribution is -2.18. The molecule has 0 saturated heterocycles. The van der Waals surface area contributed by atoms with Crippen LogP contribution in [0.15, 0.2) is 0 Å². The van der Waals surface area contributed by atoms with E-state index < -0.39 is 12.1 Å². The molecule has 2 heterocycles. The van der Waals surface area contributed by atoms with Crippen LogP contribution in [0.25, 0.3) is 0 Å². The number of esters is 1. The van der Waals surface area contributed by atoms with Gasteiger partial charge in [-0.2, -0.15) is 0 Å². The molecular weight excluding hydrogens is 288 g/mol. The molecule has 0 bridgehead atoms. The summed E-state index contributed by atoms with van der Waals surface area (Å²) >= 11 is 0. The van der Waals surface area contributed by atoms with Crippen LogP contribution < -0.4 is 9.47 Å². The highest BCUT2D eigenvalue weighted by molar-refractivity contribution is 5.80. The summed E-state index contributed by atoms with van der Waals surface area (Å²) in [4.78, 5) is 12.0. The Morgan fingerprint density at radius 3 is 2.45 bits per heavy atom. The molecule has 1 aromatic carbocycles. The van der Waals surface area contributed by atoms with E-state index >= 15 is 0 Å². The number of phenolic OH excluding ortho intramolecular Hbond substituents is 1. The Balaban J connectivity index is 2.15. The van der Waals surface area contributed by atoms with Gasteiger partial charge in [0.2, 0.25) is 0 Å². The predicted molar refractivity (Wildman–Crippen MR) is 77.3 cm³/mol. The van der Waals surface area contributed by atoms with Crippen molar-refractivity contribution in [3.63, 3.8) is 0 Å². The van der Waals surface area contributed by atoms with E-state index in [1.807, 2.05) is 13.8 Å². The predicted octanol–water partition coefficient (Wildman–Crippen LogP) is 1.64. The van der Waals surface area contributed by atoms with Gasteiger partial charge in [-0.3, -0.25) is 0 Å². The third kappa shape index (κ3) is 2.18. The van der Waals surface area contributed by atoms with E-state index in [2.05, 4.69) is 0 Å². The second-order valence-corrected chi connectivity index (χ2v) is 5.80. The van der Waals surface area contributed by atoms with Gasteiger partial charge in [-0.15, -0.1) is 0 Å². The van der Waals surface area contributed by atoms with Crippen molar-refractivity contribution in [1.82, 2.24) is 0 Å². The highest BCUT2D eigenvalue weighted by atomic mass is 16.5. The number of aliphatic hydroxyl groups is 1. The number of carbonyl (C=O) groups excluding carboxylic acids is 1. The van der Waals surface area contributed by atoms with Crippen LogP contribution in [-0.2, 0) is 22.4 Å². The van der Waals surface area contributed by atoms with Crippen LogP contribution in [0, 0.1) is 0 Å². The van der Waals surface area contributed by atoms with Crippen molar-refractivity contribution in [2.45, 2.75) is 51.9 Å². The van der Waals surface area contributed by atoms with E-state index in [4.69, 9.17) is 14.2 Å². The minimum Gasteiger partial charge on any atom is -0.504 e. The number of phenols is 1. The minimum absolute atomic E-state index is 0.0542. The maximum absolute atomic E-state index is 12.0. The summed E-state index contributed by atoms with van der Waals surface area (Å²) in [6.07, 6.45) is -0.695. The number of rotatable bonds is 3. The molecule has 0 aliphatic carbocycles. The number of fused-ring (bicyclic) bond motifs is 2. The molecule has 0 spiro atoms. The molecule has 1 aromatic rings. The molecule has 0 aromatic heterocycles. The molecule has 2 N–H and O–H groups in total. The lowest BCUT2D eigenvalue weighted by atomic mass is 9.93. The Hall–Kier alpha value is -1.95. The topological polar surface area (TPSA) is 85.2 Å². The molecule has 2 aliphatic heterocycles. The zero-order valence-electron chi connectivity index (χ0n) is 12.9. The summed E-state index contributed by atoms with van der Waals surface area (Å²) in [7, 11) is 0. The van der Waals surface area contributed by atoms with E-state index in [1.54, 1.807) is 6.92 Å². The lowest BCUT2D eigenvalue weighted by Gasteiger charge is -2.18. The van der Waals surface area contributed by atoms with E-state index in [1.165, 1.54) is 0 Å². The van der Waals surface area contributed by atoms with Crippen LogP contribution in [0.1, 0.15) is 43.6 Å². The first-order valence-electron chi connectivity index (χ1n) is 7.52. The van der Waals surface area contributed by atoms with Gasteiger partial charge in [0.25, 0.3) is 0 Å². The van der Waals surface area contributed by atoms with Gasteiger partial charge in [-0.25, -0.2) is 4.79 Å². The molecule has 2 aliphatic rings. The Morgan fingerprint density at radius 1 is 1.23 bits per heavy atom. The monoisotopic (exact) mass is 308 g/mol.